The van der Waals surface area contributed by atoms with Crippen molar-refractivity contribution in [2.75, 3.05) is 0 Å². The Hall–Kier alpha value is -2.39. The van der Waals surface area contributed by atoms with Gasteiger partial charge in [0.2, 0.25) is 15.9 Å². The van der Waals surface area contributed by atoms with Gasteiger partial charge in [-0.3, -0.25) is 9.48 Å². The summed E-state index contributed by atoms with van der Waals surface area (Å²) in [7, 11) is -4.09. The van der Waals surface area contributed by atoms with E-state index in [9.17, 15) is 13.2 Å². The number of rotatable bonds is 8. The molecule has 1 amide bonds. The molecule has 170 valence electrons. The van der Waals surface area contributed by atoms with Crippen molar-refractivity contribution in [1.29, 1.82) is 0 Å². The molecule has 2 N–H and O–H groups in total. The molecule has 1 aromatic heterocycles. The number of sulfonamides is 1. The molecule has 0 aliphatic rings. The van der Waals surface area contributed by atoms with E-state index in [4.69, 9.17) is 23.2 Å². The molecule has 1 unspecified atom stereocenters. The van der Waals surface area contributed by atoms with Crippen molar-refractivity contribution in [2.45, 2.75) is 44.8 Å². The summed E-state index contributed by atoms with van der Waals surface area (Å²) in [6.07, 6.45) is 0. The van der Waals surface area contributed by atoms with E-state index < -0.39 is 22.0 Å². The summed E-state index contributed by atoms with van der Waals surface area (Å²) in [6, 6.07) is 13.3. The van der Waals surface area contributed by atoms with Crippen LogP contribution >= 0.6 is 23.2 Å². The molecule has 10 heteroatoms. The van der Waals surface area contributed by atoms with Crippen LogP contribution < -0.4 is 10.0 Å². The van der Waals surface area contributed by atoms with E-state index in [1.807, 2.05) is 48.9 Å². The van der Waals surface area contributed by atoms with E-state index in [1.54, 1.807) is 6.07 Å². The topological polar surface area (TPSA) is 93.1 Å². The van der Waals surface area contributed by atoms with E-state index in [0.29, 0.717) is 6.54 Å². The fourth-order valence-electron chi connectivity index (χ4n) is 3.31. The normalized spacial score (nSPS) is 12.5. The molecule has 0 fully saturated rings. The maximum Gasteiger partial charge on any atom is 0.244 e. The number of nitrogens with one attached hydrogen (secondary N) is 2. The number of carbonyl (C=O) groups is 1. The van der Waals surface area contributed by atoms with E-state index in [1.165, 1.54) is 19.1 Å². The lowest BCUT2D eigenvalue weighted by Crippen LogP contribution is -2.44. The summed E-state index contributed by atoms with van der Waals surface area (Å²) in [5.74, 6) is -0.480. The Kier molecular flexibility index (Phi) is 7.61. The highest BCUT2D eigenvalue weighted by atomic mass is 35.5. The first-order valence-electron chi connectivity index (χ1n) is 9.91. The minimum absolute atomic E-state index is 0.0188. The molecular formula is C22H24Cl2N4O3S. The number of amides is 1. The molecule has 0 aliphatic carbocycles. The Labute approximate surface area is 197 Å². The van der Waals surface area contributed by atoms with Crippen molar-refractivity contribution in [2.24, 2.45) is 0 Å². The maximum atomic E-state index is 12.7. The molecule has 0 saturated heterocycles. The van der Waals surface area contributed by atoms with Crippen molar-refractivity contribution < 1.29 is 13.2 Å². The van der Waals surface area contributed by atoms with Crippen molar-refractivity contribution in [1.82, 2.24) is 19.8 Å². The van der Waals surface area contributed by atoms with E-state index in [0.717, 1.165) is 22.5 Å². The molecule has 2 aromatic carbocycles. The van der Waals surface area contributed by atoms with Crippen LogP contribution in [-0.2, 0) is 27.9 Å². The van der Waals surface area contributed by atoms with Gasteiger partial charge in [0.05, 0.1) is 28.3 Å². The van der Waals surface area contributed by atoms with E-state index in [2.05, 4.69) is 15.1 Å². The van der Waals surface area contributed by atoms with Gasteiger partial charge in [-0.15, -0.1) is 0 Å². The van der Waals surface area contributed by atoms with Crippen molar-refractivity contribution in [3.8, 4) is 0 Å². The van der Waals surface area contributed by atoms with Gasteiger partial charge in [-0.2, -0.15) is 9.82 Å². The number of aromatic nitrogens is 2. The van der Waals surface area contributed by atoms with E-state index in [-0.39, 0.29) is 21.5 Å². The quantitative estimate of drug-likeness (QED) is 0.497. The molecule has 0 bridgehead atoms. The molecule has 0 aliphatic heterocycles. The number of benzene rings is 2. The minimum atomic E-state index is -4.09. The second kappa shape index (κ2) is 10.0. The molecular weight excluding hydrogens is 471 g/mol. The highest BCUT2D eigenvalue weighted by Crippen LogP contribution is 2.28. The average molecular weight is 495 g/mol. The van der Waals surface area contributed by atoms with Gasteiger partial charge in [-0.25, -0.2) is 8.42 Å². The molecule has 0 spiro atoms. The fourth-order valence-corrected chi connectivity index (χ4v) is 5.66. The summed E-state index contributed by atoms with van der Waals surface area (Å²) in [5.41, 5.74) is 3.74. The van der Waals surface area contributed by atoms with Crippen LogP contribution in [0, 0.1) is 13.8 Å². The molecule has 3 aromatic rings. The van der Waals surface area contributed by atoms with Crippen LogP contribution in [0.4, 0.5) is 0 Å². The maximum absolute atomic E-state index is 12.7. The van der Waals surface area contributed by atoms with Gasteiger partial charge in [0.25, 0.3) is 0 Å². The standard InChI is InChI=1S/C22H24Cl2N4O3S/c1-14-18(16(3)28(26-14)13-17-8-5-4-6-9-17)12-25-22(29)15(2)27-32(30,31)21-19(23)10-7-11-20(21)24/h4-11,15,27H,12-13H2,1-3H3,(H,25,29). The predicted octanol–water partition coefficient (Wildman–Crippen LogP) is 3.84. The van der Waals surface area contributed by atoms with Gasteiger partial charge in [-0.05, 0) is 38.5 Å². The first kappa shape index (κ1) is 24.3. The molecule has 32 heavy (non-hydrogen) atoms. The summed E-state index contributed by atoms with van der Waals surface area (Å²) in [5, 5.41) is 7.31. The number of hydrogen-bond donors (Lipinski definition) is 2. The van der Waals surface area contributed by atoms with Crippen LogP contribution in [0.5, 0.6) is 0 Å². The van der Waals surface area contributed by atoms with Crippen LogP contribution in [0.15, 0.2) is 53.4 Å². The van der Waals surface area contributed by atoms with Gasteiger partial charge in [0.1, 0.15) is 4.90 Å². The predicted molar refractivity (Wildman–Crippen MR) is 125 cm³/mol. The lowest BCUT2D eigenvalue weighted by Gasteiger charge is -2.16. The highest BCUT2D eigenvalue weighted by Gasteiger charge is 2.26. The monoisotopic (exact) mass is 494 g/mol. The van der Waals surface area contributed by atoms with Crippen LogP contribution in [0.3, 0.4) is 0 Å². The number of hydrogen-bond acceptors (Lipinski definition) is 4. The summed E-state index contributed by atoms with van der Waals surface area (Å²) in [4.78, 5) is 12.3. The zero-order valence-electron chi connectivity index (χ0n) is 17.9. The van der Waals surface area contributed by atoms with Gasteiger partial charge >= 0.3 is 0 Å². The van der Waals surface area contributed by atoms with Gasteiger partial charge in [0.15, 0.2) is 0 Å². The van der Waals surface area contributed by atoms with Crippen LogP contribution in [0.2, 0.25) is 10.0 Å². The minimum Gasteiger partial charge on any atom is -0.351 e. The van der Waals surface area contributed by atoms with Crippen LogP contribution in [-0.4, -0.2) is 30.1 Å². The Morgan fingerprint density at radius 3 is 2.31 bits per heavy atom. The third kappa shape index (κ3) is 5.50. The first-order valence-corrected chi connectivity index (χ1v) is 12.1. The lowest BCUT2D eigenvalue weighted by molar-refractivity contribution is -0.122. The summed E-state index contributed by atoms with van der Waals surface area (Å²) >= 11 is 12.0. The second-order valence-electron chi connectivity index (χ2n) is 7.40. The van der Waals surface area contributed by atoms with Crippen molar-refractivity contribution in [3.63, 3.8) is 0 Å². The van der Waals surface area contributed by atoms with Gasteiger partial charge < -0.3 is 5.32 Å². The molecule has 7 nitrogen and oxygen atoms in total. The van der Waals surface area contributed by atoms with E-state index >= 15 is 0 Å². The van der Waals surface area contributed by atoms with Crippen molar-refractivity contribution >= 4 is 39.1 Å². The number of carbonyl (C=O) groups excluding carboxylic acids is 1. The Bertz CT molecular complexity index is 1210. The summed E-state index contributed by atoms with van der Waals surface area (Å²) in [6.45, 7) is 6.12. The first-order chi connectivity index (χ1) is 15.1. The third-order valence-electron chi connectivity index (χ3n) is 5.06. The third-order valence-corrected chi connectivity index (χ3v) is 7.55. The van der Waals surface area contributed by atoms with Gasteiger partial charge in [-0.1, -0.05) is 59.6 Å². The van der Waals surface area contributed by atoms with Gasteiger partial charge in [0, 0.05) is 17.8 Å². The Morgan fingerprint density at radius 2 is 1.69 bits per heavy atom. The molecule has 0 radical (unpaired) electrons. The smallest absolute Gasteiger partial charge is 0.244 e. The van der Waals surface area contributed by atoms with Crippen LogP contribution in [0.25, 0.3) is 0 Å². The molecule has 1 atom stereocenters. The SMILES string of the molecule is Cc1nn(Cc2ccccc2)c(C)c1CNC(=O)C(C)NS(=O)(=O)c1c(Cl)cccc1Cl. The van der Waals surface area contributed by atoms with Crippen LogP contribution in [0.1, 0.15) is 29.4 Å². The molecule has 1 heterocycles. The largest absolute Gasteiger partial charge is 0.351 e. The molecule has 3 rings (SSSR count). The van der Waals surface area contributed by atoms with Crippen molar-refractivity contribution in [3.05, 3.63) is 81.1 Å². The average Bonchev–Trinajstić information content (AvgIpc) is 2.98. The Balaban J connectivity index is 1.67. The Morgan fingerprint density at radius 1 is 1.06 bits per heavy atom. The zero-order chi connectivity index (χ0) is 23.5. The highest BCUT2D eigenvalue weighted by molar-refractivity contribution is 7.89. The number of aryl methyl sites for hydroxylation is 1. The number of nitrogens with zero attached hydrogens (tertiary/aromatic N) is 2. The lowest BCUT2D eigenvalue weighted by atomic mass is 10.2. The number of halogens is 2. The summed E-state index contributed by atoms with van der Waals surface area (Å²) < 4.78 is 29.6. The zero-order valence-corrected chi connectivity index (χ0v) is 20.2. The fraction of sp³-hybridized carbons (Fsp3) is 0.273. The molecule has 0 saturated carbocycles. The second-order valence-corrected chi connectivity index (χ2v) is 9.87.